The van der Waals surface area contributed by atoms with Crippen molar-refractivity contribution in [3.8, 4) is 0 Å². The lowest BCUT2D eigenvalue weighted by Crippen LogP contribution is -2.07. The van der Waals surface area contributed by atoms with Crippen molar-refractivity contribution in [1.82, 2.24) is 0 Å². The van der Waals surface area contributed by atoms with Gasteiger partial charge < -0.3 is 10.2 Å². The molecular weight excluding hydrogens is 104 g/mol. The van der Waals surface area contributed by atoms with Crippen molar-refractivity contribution in [2.75, 3.05) is 6.61 Å². The first-order chi connectivity index (χ1) is 3.81. The maximum atomic E-state index is 8.89. The smallest absolute Gasteiger partial charge is 0.0562 e. The lowest BCUT2D eigenvalue weighted by Gasteiger charge is -2.04. The quantitative estimate of drug-likeness (QED) is 0.565. The summed E-state index contributed by atoms with van der Waals surface area (Å²) in [5.74, 6) is 0. The Hall–Kier alpha value is -0.0800. The van der Waals surface area contributed by atoms with Gasteiger partial charge in [-0.2, -0.15) is 0 Å². The van der Waals surface area contributed by atoms with Crippen LogP contribution in [0.25, 0.3) is 0 Å². The van der Waals surface area contributed by atoms with Crippen LogP contribution in [0.2, 0.25) is 0 Å². The summed E-state index contributed by atoms with van der Waals surface area (Å²) >= 11 is 0. The van der Waals surface area contributed by atoms with E-state index in [0.29, 0.717) is 6.42 Å². The highest BCUT2D eigenvalue weighted by Crippen LogP contribution is 1.98. The molecule has 0 bridgehead atoms. The minimum Gasteiger partial charge on any atom is -0.396 e. The summed E-state index contributed by atoms with van der Waals surface area (Å²) in [5.41, 5.74) is 0. The van der Waals surface area contributed by atoms with E-state index in [4.69, 9.17) is 10.2 Å². The molecule has 0 saturated heterocycles. The van der Waals surface area contributed by atoms with E-state index in [-0.39, 0.29) is 12.7 Å². The molecule has 0 aliphatic rings. The van der Waals surface area contributed by atoms with E-state index in [0.717, 1.165) is 12.8 Å². The SMILES string of the molecule is CCC[C@H](O)CCO. The standard InChI is InChI=1S/C6H14O2/c1-2-3-6(8)4-5-7/h6-8H,2-5H2,1H3/t6-/m0/s1. The van der Waals surface area contributed by atoms with Crippen LogP contribution in [0.4, 0.5) is 0 Å². The molecule has 0 amide bonds. The fourth-order valence-corrected chi connectivity index (χ4v) is 0.627. The van der Waals surface area contributed by atoms with Gasteiger partial charge in [0.1, 0.15) is 0 Å². The van der Waals surface area contributed by atoms with E-state index in [1.54, 1.807) is 0 Å². The molecule has 0 fully saturated rings. The first-order valence-corrected chi connectivity index (χ1v) is 3.10. The largest absolute Gasteiger partial charge is 0.396 e. The maximum Gasteiger partial charge on any atom is 0.0562 e. The average molecular weight is 118 g/mol. The fraction of sp³-hybridized carbons (Fsp3) is 1.00. The highest BCUT2D eigenvalue weighted by molar-refractivity contribution is 4.51. The van der Waals surface area contributed by atoms with E-state index in [9.17, 15) is 0 Å². The Morgan fingerprint density at radius 3 is 2.38 bits per heavy atom. The van der Waals surface area contributed by atoms with Crippen molar-refractivity contribution in [2.24, 2.45) is 0 Å². The van der Waals surface area contributed by atoms with Crippen LogP contribution in [-0.4, -0.2) is 22.9 Å². The van der Waals surface area contributed by atoms with Crippen LogP contribution in [-0.2, 0) is 0 Å². The first kappa shape index (κ1) is 7.92. The molecule has 0 saturated carbocycles. The lowest BCUT2D eigenvalue weighted by atomic mass is 10.2. The van der Waals surface area contributed by atoms with Gasteiger partial charge in [0.15, 0.2) is 0 Å². The molecule has 0 aromatic carbocycles. The second kappa shape index (κ2) is 5.06. The molecule has 0 radical (unpaired) electrons. The molecule has 1 atom stereocenters. The minimum absolute atomic E-state index is 0.0984. The topological polar surface area (TPSA) is 40.5 Å². The van der Waals surface area contributed by atoms with Gasteiger partial charge in [-0.1, -0.05) is 13.3 Å². The Labute approximate surface area is 50.2 Å². The van der Waals surface area contributed by atoms with E-state index in [1.807, 2.05) is 6.92 Å². The maximum absolute atomic E-state index is 8.89. The molecular formula is C6H14O2. The second-order valence-electron chi connectivity index (χ2n) is 1.95. The second-order valence-corrected chi connectivity index (χ2v) is 1.95. The van der Waals surface area contributed by atoms with Crippen molar-refractivity contribution in [3.63, 3.8) is 0 Å². The number of hydrogen-bond acceptors (Lipinski definition) is 2. The van der Waals surface area contributed by atoms with E-state index < -0.39 is 0 Å². The number of aliphatic hydroxyl groups excluding tert-OH is 2. The summed E-state index contributed by atoms with van der Waals surface area (Å²) in [6.45, 7) is 2.11. The molecule has 0 aromatic heterocycles. The summed E-state index contributed by atoms with van der Waals surface area (Å²) < 4.78 is 0. The molecule has 2 heteroatoms. The molecule has 50 valence electrons. The Balaban J connectivity index is 2.92. The summed E-state index contributed by atoms with van der Waals surface area (Å²) in [7, 11) is 0. The normalized spacial score (nSPS) is 13.9. The van der Waals surface area contributed by atoms with Gasteiger partial charge >= 0.3 is 0 Å². The lowest BCUT2D eigenvalue weighted by molar-refractivity contribution is 0.124. The van der Waals surface area contributed by atoms with Gasteiger partial charge in [0.2, 0.25) is 0 Å². The van der Waals surface area contributed by atoms with Crippen molar-refractivity contribution >= 4 is 0 Å². The summed E-state index contributed by atoms with van der Waals surface area (Å²) in [4.78, 5) is 0. The third kappa shape index (κ3) is 4.09. The van der Waals surface area contributed by atoms with Gasteiger partial charge in [-0.3, -0.25) is 0 Å². The summed E-state index contributed by atoms with van der Waals surface area (Å²) in [6.07, 6.45) is 2.03. The van der Waals surface area contributed by atoms with Crippen molar-refractivity contribution in [1.29, 1.82) is 0 Å². The van der Waals surface area contributed by atoms with Crippen LogP contribution in [0, 0.1) is 0 Å². The summed E-state index contributed by atoms with van der Waals surface area (Å²) in [6, 6.07) is 0. The molecule has 0 rings (SSSR count). The van der Waals surface area contributed by atoms with Gasteiger partial charge in [0.25, 0.3) is 0 Å². The van der Waals surface area contributed by atoms with Gasteiger partial charge in [0, 0.05) is 6.61 Å². The van der Waals surface area contributed by atoms with Crippen molar-refractivity contribution < 1.29 is 10.2 Å². The predicted octanol–water partition coefficient (Wildman–Crippen LogP) is 0.530. The van der Waals surface area contributed by atoms with Crippen LogP contribution in [0.3, 0.4) is 0 Å². The Morgan fingerprint density at radius 1 is 1.38 bits per heavy atom. The van der Waals surface area contributed by atoms with E-state index >= 15 is 0 Å². The Morgan fingerprint density at radius 2 is 2.00 bits per heavy atom. The molecule has 2 N–H and O–H groups in total. The van der Waals surface area contributed by atoms with E-state index in [2.05, 4.69) is 0 Å². The third-order valence-electron chi connectivity index (χ3n) is 1.08. The highest BCUT2D eigenvalue weighted by Gasteiger charge is 1.98. The Bertz CT molecular complexity index is 39.8. The molecule has 0 aliphatic heterocycles. The van der Waals surface area contributed by atoms with Crippen LogP contribution in [0.1, 0.15) is 26.2 Å². The molecule has 0 aliphatic carbocycles. The van der Waals surface area contributed by atoms with Gasteiger partial charge in [-0.05, 0) is 12.8 Å². The van der Waals surface area contributed by atoms with Crippen LogP contribution in [0.15, 0.2) is 0 Å². The first-order valence-electron chi connectivity index (χ1n) is 3.10. The molecule has 8 heavy (non-hydrogen) atoms. The zero-order chi connectivity index (χ0) is 6.41. The molecule has 2 nitrogen and oxygen atoms in total. The van der Waals surface area contributed by atoms with Crippen LogP contribution >= 0.6 is 0 Å². The van der Waals surface area contributed by atoms with Gasteiger partial charge in [-0.25, -0.2) is 0 Å². The molecule has 0 heterocycles. The number of rotatable bonds is 4. The highest BCUT2D eigenvalue weighted by atomic mass is 16.3. The zero-order valence-corrected chi connectivity index (χ0v) is 5.30. The van der Waals surface area contributed by atoms with Crippen LogP contribution in [0.5, 0.6) is 0 Å². The van der Waals surface area contributed by atoms with Crippen molar-refractivity contribution in [2.45, 2.75) is 32.3 Å². The van der Waals surface area contributed by atoms with Crippen molar-refractivity contribution in [3.05, 3.63) is 0 Å². The number of hydrogen-bond donors (Lipinski definition) is 2. The zero-order valence-electron chi connectivity index (χ0n) is 5.30. The fourth-order valence-electron chi connectivity index (χ4n) is 0.627. The molecule has 0 aromatic rings. The third-order valence-corrected chi connectivity index (χ3v) is 1.08. The summed E-state index contributed by atoms with van der Waals surface area (Å²) in [5, 5.41) is 17.2. The van der Waals surface area contributed by atoms with Gasteiger partial charge in [0.05, 0.1) is 6.10 Å². The monoisotopic (exact) mass is 118 g/mol. The molecule has 0 spiro atoms. The van der Waals surface area contributed by atoms with Gasteiger partial charge in [-0.15, -0.1) is 0 Å². The average Bonchev–Trinajstić information content (AvgIpc) is 1.68. The van der Waals surface area contributed by atoms with Crippen LogP contribution < -0.4 is 0 Å². The Kier molecular flexibility index (Phi) is 5.01. The van der Waals surface area contributed by atoms with E-state index in [1.165, 1.54) is 0 Å². The minimum atomic E-state index is -0.287. The predicted molar refractivity (Wildman–Crippen MR) is 32.6 cm³/mol. The number of aliphatic hydroxyl groups is 2. The molecule has 0 unspecified atom stereocenters.